The number of aromatic nitrogens is 1. The summed E-state index contributed by atoms with van der Waals surface area (Å²) in [4.78, 5) is 4.30. The Kier molecular flexibility index (Phi) is 5.19. The molecule has 0 spiro atoms. The first-order chi connectivity index (χ1) is 9.29. The van der Waals surface area contributed by atoms with Gasteiger partial charge < -0.3 is 10.1 Å². The predicted octanol–water partition coefficient (Wildman–Crippen LogP) is 3.88. The molecule has 4 heteroatoms. The number of benzene rings is 1. The fourth-order valence-electron chi connectivity index (χ4n) is 1.74. The molecule has 0 aliphatic heterocycles. The minimum Gasteiger partial charge on any atom is -0.372 e. The molecule has 0 saturated carbocycles. The van der Waals surface area contributed by atoms with Gasteiger partial charge in [0.15, 0.2) is 0 Å². The first-order valence-corrected chi connectivity index (χ1v) is 6.67. The predicted molar refractivity (Wildman–Crippen MR) is 78.3 cm³/mol. The Balaban J connectivity index is 1.90. The van der Waals surface area contributed by atoms with Crippen molar-refractivity contribution in [1.29, 1.82) is 0 Å². The monoisotopic (exact) mass is 276 g/mol. The maximum atomic E-state index is 5.84. The van der Waals surface area contributed by atoms with Crippen LogP contribution in [0.1, 0.15) is 18.1 Å². The Bertz CT molecular complexity index is 514. The fourth-order valence-corrected chi connectivity index (χ4v) is 1.87. The Morgan fingerprint density at radius 3 is 2.68 bits per heavy atom. The summed E-state index contributed by atoms with van der Waals surface area (Å²) in [6, 6.07) is 11.6. The second-order valence-electron chi connectivity index (χ2n) is 4.16. The third-order valence-electron chi connectivity index (χ3n) is 2.68. The summed E-state index contributed by atoms with van der Waals surface area (Å²) in [6.45, 7) is 4.00. The molecular formula is C15H17ClN2O. The van der Waals surface area contributed by atoms with Crippen LogP contribution in [0.25, 0.3) is 0 Å². The Morgan fingerprint density at radius 1 is 1.16 bits per heavy atom. The summed E-state index contributed by atoms with van der Waals surface area (Å²) in [5.74, 6) is 0.890. The Labute approximate surface area is 118 Å². The highest BCUT2D eigenvalue weighted by Crippen LogP contribution is 2.14. The highest BCUT2D eigenvalue weighted by atomic mass is 35.5. The summed E-state index contributed by atoms with van der Waals surface area (Å²) >= 11 is 5.84. The summed E-state index contributed by atoms with van der Waals surface area (Å²) in [7, 11) is 0. The molecule has 0 aliphatic rings. The maximum absolute atomic E-state index is 5.84. The van der Waals surface area contributed by atoms with Gasteiger partial charge >= 0.3 is 0 Å². The molecule has 2 aromatic rings. The summed E-state index contributed by atoms with van der Waals surface area (Å²) < 4.78 is 5.71. The standard InChI is InChI=1S/C15H17ClN2O/c1-2-17-15-13(4-3-9-18-15)11-19-10-12-5-7-14(16)8-6-12/h3-9H,2,10-11H2,1H3,(H,17,18). The van der Waals surface area contributed by atoms with Crippen molar-refractivity contribution in [3.05, 3.63) is 58.7 Å². The third-order valence-corrected chi connectivity index (χ3v) is 2.93. The molecule has 0 radical (unpaired) electrons. The van der Waals surface area contributed by atoms with Gasteiger partial charge in [0.1, 0.15) is 5.82 Å². The number of hydrogen-bond acceptors (Lipinski definition) is 3. The normalized spacial score (nSPS) is 10.4. The number of nitrogens with one attached hydrogen (secondary N) is 1. The molecule has 0 saturated heterocycles. The zero-order chi connectivity index (χ0) is 13.5. The molecule has 0 atom stereocenters. The number of halogens is 1. The van der Waals surface area contributed by atoms with Gasteiger partial charge in [-0.25, -0.2) is 4.98 Å². The molecule has 1 N–H and O–H groups in total. The van der Waals surface area contributed by atoms with E-state index in [2.05, 4.69) is 10.3 Å². The highest BCUT2D eigenvalue weighted by Gasteiger charge is 2.02. The van der Waals surface area contributed by atoms with Crippen molar-refractivity contribution < 1.29 is 4.74 Å². The van der Waals surface area contributed by atoms with Gasteiger partial charge in [-0.3, -0.25) is 0 Å². The molecule has 1 heterocycles. The zero-order valence-electron chi connectivity index (χ0n) is 10.9. The van der Waals surface area contributed by atoms with Gasteiger partial charge in [0.05, 0.1) is 13.2 Å². The van der Waals surface area contributed by atoms with Crippen molar-refractivity contribution in [3.63, 3.8) is 0 Å². The van der Waals surface area contributed by atoms with Gasteiger partial charge in [-0.2, -0.15) is 0 Å². The van der Waals surface area contributed by atoms with Gasteiger partial charge in [0, 0.05) is 23.3 Å². The van der Waals surface area contributed by atoms with Crippen molar-refractivity contribution in [2.24, 2.45) is 0 Å². The quantitative estimate of drug-likeness (QED) is 0.869. The average molecular weight is 277 g/mol. The highest BCUT2D eigenvalue weighted by molar-refractivity contribution is 6.30. The van der Waals surface area contributed by atoms with E-state index in [-0.39, 0.29) is 0 Å². The Hall–Kier alpha value is -1.58. The van der Waals surface area contributed by atoms with Crippen molar-refractivity contribution in [3.8, 4) is 0 Å². The molecule has 19 heavy (non-hydrogen) atoms. The lowest BCUT2D eigenvalue weighted by molar-refractivity contribution is 0.107. The molecule has 100 valence electrons. The van der Waals surface area contributed by atoms with E-state index in [4.69, 9.17) is 16.3 Å². The van der Waals surface area contributed by atoms with Crippen LogP contribution in [-0.2, 0) is 18.0 Å². The van der Waals surface area contributed by atoms with Crippen LogP contribution in [0.5, 0.6) is 0 Å². The Morgan fingerprint density at radius 2 is 1.95 bits per heavy atom. The van der Waals surface area contributed by atoms with E-state index < -0.39 is 0 Å². The summed E-state index contributed by atoms with van der Waals surface area (Å²) in [6.07, 6.45) is 1.78. The van der Waals surface area contributed by atoms with Crippen LogP contribution in [-0.4, -0.2) is 11.5 Å². The van der Waals surface area contributed by atoms with Crippen molar-refractivity contribution in [2.75, 3.05) is 11.9 Å². The molecule has 2 rings (SSSR count). The van der Waals surface area contributed by atoms with Crippen LogP contribution in [0.2, 0.25) is 5.02 Å². The van der Waals surface area contributed by atoms with Gasteiger partial charge in [0.2, 0.25) is 0 Å². The summed E-state index contributed by atoms with van der Waals surface area (Å²) in [5, 5.41) is 3.96. The topological polar surface area (TPSA) is 34.2 Å². The zero-order valence-corrected chi connectivity index (χ0v) is 11.7. The molecule has 3 nitrogen and oxygen atoms in total. The molecular weight excluding hydrogens is 260 g/mol. The SMILES string of the molecule is CCNc1ncccc1COCc1ccc(Cl)cc1. The van der Waals surface area contributed by atoms with Crippen LogP contribution >= 0.6 is 11.6 Å². The van der Waals surface area contributed by atoms with E-state index in [0.29, 0.717) is 13.2 Å². The second-order valence-corrected chi connectivity index (χ2v) is 4.60. The maximum Gasteiger partial charge on any atom is 0.131 e. The first-order valence-electron chi connectivity index (χ1n) is 6.29. The fraction of sp³-hybridized carbons (Fsp3) is 0.267. The van der Waals surface area contributed by atoms with E-state index in [1.165, 1.54) is 0 Å². The third kappa shape index (κ3) is 4.23. The van der Waals surface area contributed by atoms with Crippen LogP contribution in [0, 0.1) is 0 Å². The van der Waals surface area contributed by atoms with Crippen LogP contribution in [0.3, 0.4) is 0 Å². The lowest BCUT2D eigenvalue weighted by Gasteiger charge is -2.10. The number of pyridine rings is 1. The second kappa shape index (κ2) is 7.12. The van der Waals surface area contributed by atoms with E-state index in [0.717, 1.165) is 28.5 Å². The first kappa shape index (κ1) is 13.8. The summed E-state index contributed by atoms with van der Waals surface area (Å²) in [5.41, 5.74) is 2.18. The van der Waals surface area contributed by atoms with E-state index in [1.54, 1.807) is 6.20 Å². The van der Waals surface area contributed by atoms with E-state index in [1.807, 2.05) is 43.3 Å². The number of hydrogen-bond donors (Lipinski definition) is 1. The van der Waals surface area contributed by atoms with Gasteiger partial charge in [-0.1, -0.05) is 29.8 Å². The number of rotatable bonds is 6. The van der Waals surface area contributed by atoms with E-state index in [9.17, 15) is 0 Å². The van der Waals surface area contributed by atoms with Crippen LogP contribution in [0.4, 0.5) is 5.82 Å². The molecule has 1 aromatic carbocycles. The molecule has 0 unspecified atom stereocenters. The average Bonchev–Trinajstić information content (AvgIpc) is 2.43. The molecule has 1 aromatic heterocycles. The smallest absolute Gasteiger partial charge is 0.131 e. The number of nitrogens with zero attached hydrogens (tertiary/aromatic N) is 1. The van der Waals surface area contributed by atoms with Crippen molar-refractivity contribution in [2.45, 2.75) is 20.1 Å². The largest absolute Gasteiger partial charge is 0.372 e. The number of anilines is 1. The van der Waals surface area contributed by atoms with Crippen molar-refractivity contribution >= 4 is 17.4 Å². The van der Waals surface area contributed by atoms with Gasteiger partial charge in [-0.15, -0.1) is 0 Å². The van der Waals surface area contributed by atoms with E-state index >= 15 is 0 Å². The lowest BCUT2D eigenvalue weighted by atomic mass is 10.2. The molecule has 0 fully saturated rings. The van der Waals surface area contributed by atoms with Crippen LogP contribution < -0.4 is 5.32 Å². The molecule has 0 amide bonds. The molecule has 0 bridgehead atoms. The molecule has 0 aliphatic carbocycles. The minimum absolute atomic E-state index is 0.540. The van der Waals surface area contributed by atoms with Gasteiger partial charge in [0.25, 0.3) is 0 Å². The minimum atomic E-state index is 0.540. The number of ether oxygens (including phenoxy) is 1. The van der Waals surface area contributed by atoms with Gasteiger partial charge in [-0.05, 0) is 30.7 Å². The van der Waals surface area contributed by atoms with Crippen molar-refractivity contribution in [1.82, 2.24) is 4.98 Å². The lowest BCUT2D eigenvalue weighted by Crippen LogP contribution is -2.04. The van der Waals surface area contributed by atoms with Crippen LogP contribution in [0.15, 0.2) is 42.6 Å².